The van der Waals surface area contributed by atoms with Crippen LogP contribution in [0.25, 0.3) is 0 Å². The van der Waals surface area contributed by atoms with Crippen molar-refractivity contribution in [1.82, 2.24) is 0 Å². The molecule has 0 heterocycles. The van der Waals surface area contributed by atoms with E-state index in [4.69, 9.17) is 0 Å². The molecule has 5 heteroatoms. The Kier molecular flexibility index (Phi) is 18.7. The number of hydrogen-bond acceptors (Lipinski definition) is 2. The molecule has 0 radical (unpaired) electrons. The normalized spacial score (nSPS) is 11.4. The van der Waals surface area contributed by atoms with Crippen molar-refractivity contribution in [3.05, 3.63) is 29.3 Å². The molecule has 0 fully saturated rings. The zero-order chi connectivity index (χ0) is 20.7. The Morgan fingerprint density at radius 2 is 1.14 bits per heavy atom. The molecule has 0 bridgehead atoms. The molecule has 0 saturated heterocycles. The maximum absolute atomic E-state index is 11.8. The molecule has 1 rings (SSSR count). The van der Waals surface area contributed by atoms with Gasteiger partial charge in [0, 0.05) is 0 Å². The van der Waals surface area contributed by atoms with Gasteiger partial charge in [0.15, 0.2) is 0 Å². The van der Waals surface area contributed by atoms with Crippen molar-refractivity contribution < 1.29 is 13.0 Å². The van der Waals surface area contributed by atoms with Gasteiger partial charge in [-0.2, -0.15) is 8.42 Å². The van der Waals surface area contributed by atoms with Crippen molar-refractivity contribution in [2.75, 3.05) is 0 Å². The summed E-state index contributed by atoms with van der Waals surface area (Å²) in [6.45, 7) is 4.45. The molecule has 0 aliphatic heterocycles. The van der Waals surface area contributed by atoms with Crippen LogP contribution in [0.2, 0.25) is 0 Å². The molecule has 29 heavy (non-hydrogen) atoms. The average Bonchev–Trinajstić information content (AvgIpc) is 2.66. The van der Waals surface area contributed by atoms with Crippen molar-refractivity contribution in [1.29, 1.82) is 0 Å². The van der Waals surface area contributed by atoms with E-state index in [1.54, 1.807) is 12.1 Å². The van der Waals surface area contributed by atoms with Gasteiger partial charge in [-0.15, -0.1) is 0 Å². The monoisotopic (exact) mass is 550 g/mol. The van der Waals surface area contributed by atoms with Gasteiger partial charge in [0.05, 0.1) is 4.90 Å². The summed E-state index contributed by atoms with van der Waals surface area (Å²) in [6.07, 6.45) is 18.8. The number of hydrogen-bond donors (Lipinski definition) is 1. The molecule has 3 nitrogen and oxygen atoms in total. The van der Waals surface area contributed by atoms with E-state index in [-0.39, 0.29) is 53.8 Å². The van der Waals surface area contributed by atoms with Gasteiger partial charge >= 0.3 is 48.9 Å². The van der Waals surface area contributed by atoms with E-state index in [2.05, 4.69) is 13.8 Å². The second-order valence-electron chi connectivity index (χ2n) is 8.11. The van der Waals surface area contributed by atoms with Crippen LogP contribution in [0.5, 0.6) is 0 Å². The average molecular weight is 550 g/mol. The van der Waals surface area contributed by atoms with Crippen LogP contribution in [0.3, 0.4) is 0 Å². The fourth-order valence-corrected chi connectivity index (χ4v) is 4.70. The summed E-state index contributed by atoms with van der Waals surface area (Å²) in [5.41, 5.74) is 1.96. The van der Waals surface area contributed by atoms with E-state index in [0.29, 0.717) is 0 Å². The van der Waals surface area contributed by atoms with Crippen LogP contribution in [0.15, 0.2) is 23.1 Å². The van der Waals surface area contributed by atoms with Gasteiger partial charge in [-0.05, 0) is 42.9 Å². The topological polar surface area (TPSA) is 54.4 Å². The zero-order valence-electron chi connectivity index (χ0n) is 18.2. The Hall–Kier alpha value is 0.701. The minimum atomic E-state index is -4.16. The van der Waals surface area contributed by atoms with E-state index in [0.717, 1.165) is 43.2 Å². The predicted octanol–water partition coefficient (Wildman–Crippen LogP) is 6.60. The van der Waals surface area contributed by atoms with E-state index >= 15 is 0 Å². The fourth-order valence-electron chi connectivity index (χ4n) is 3.90. The van der Waals surface area contributed by atoms with Crippen molar-refractivity contribution in [2.24, 2.45) is 0 Å². The molecule has 1 N–H and O–H groups in total. The first-order chi connectivity index (χ1) is 13.5. The Labute approximate surface area is 220 Å². The van der Waals surface area contributed by atoms with E-state index in [1.807, 2.05) is 6.07 Å². The molecule has 0 amide bonds. The molecule has 166 valence electrons. The molecule has 1 aromatic carbocycles. The van der Waals surface area contributed by atoms with Crippen LogP contribution >= 0.6 is 0 Å². The summed E-state index contributed by atoms with van der Waals surface area (Å²) in [5, 5.41) is 0. The maximum atomic E-state index is 11.8. The van der Waals surface area contributed by atoms with Crippen LogP contribution in [0, 0.1) is 0 Å². The van der Waals surface area contributed by atoms with Gasteiger partial charge in [-0.1, -0.05) is 103 Å². The third kappa shape index (κ3) is 13.7. The van der Waals surface area contributed by atoms with Gasteiger partial charge in [0.25, 0.3) is 10.1 Å². The molecular formula is C24H44BaO3S. The van der Waals surface area contributed by atoms with Gasteiger partial charge < -0.3 is 0 Å². The van der Waals surface area contributed by atoms with E-state index in [9.17, 15) is 13.0 Å². The van der Waals surface area contributed by atoms with Gasteiger partial charge in [-0.3, -0.25) is 4.55 Å². The molecule has 0 spiro atoms. The van der Waals surface area contributed by atoms with Crippen LogP contribution < -0.4 is 0 Å². The van der Waals surface area contributed by atoms with Crippen molar-refractivity contribution in [2.45, 2.75) is 121 Å². The van der Waals surface area contributed by atoms with Crippen molar-refractivity contribution in [3.63, 3.8) is 0 Å². The van der Waals surface area contributed by atoms with Crippen molar-refractivity contribution in [3.8, 4) is 0 Å². The number of unbranched alkanes of at least 4 members (excludes halogenated alkanes) is 12. The molecular weight excluding hydrogens is 506 g/mol. The van der Waals surface area contributed by atoms with Crippen LogP contribution in [0.4, 0.5) is 0 Å². The molecule has 0 unspecified atom stereocenters. The van der Waals surface area contributed by atoms with Gasteiger partial charge in [0.1, 0.15) is 0 Å². The van der Waals surface area contributed by atoms with Crippen molar-refractivity contribution >= 4 is 59.0 Å². The summed E-state index contributed by atoms with van der Waals surface area (Å²) in [4.78, 5) is 0.124. The van der Waals surface area contributed by atoms with Crippen LogP contribution in [-0.2, 0) is 23.0 Å². The standard InChI is InChI=1S/C24H42O3S.Ba.2H/c1-3-5-7-9-11-13-15-18-22-19-17-21-24(28(25,26)27)23(22)20-16-14-12-10-8-6-4-2;;;/h17,19,21H,3-16,18,20H2,1-2H3,(H,25,26,27);;;. The third-order valence-corrected chi connectivity index (χ3v) is 6.53. The second-order valence-corrected chi connectivity index (χ2v) is 9.50. The number of benzene rings is 1. The molecule has 0 aliphatic carbocycles. The Balaban J connectivity index is 0.00000784. The Morgan fingerprint density at radius 3 is 1.62 bits per heavy atom. The predicted molar refractivity (Wildman–Crippen MR) is 128 cm³/mol. The number of rotatable bonds is 17. The number of aryl methyl sites for hydroxylation is 1. The zero-order valence-corrected chi connectivity index (χ0v) is 19.0. The summed E-state index contributed by atoms with van der Waals surface area (Å²) in [7, 11) is -4.16. The summed E-state index contributed by atoms with van der Waals surface area (Å²) in [5.74, 6) is 0. The first-order valence-corrected chi connectivity index (χ1v) is 13.0. The summed E-state index contributed by atoms with van der Waals surface area (Å²) < 4.78 is 33.3. The molecule has 0 aromatic heterocycles. The summed E-state index contributed by atoms with van der Waals surface area (Å²) in [6, 6.07) is 5.37. The quantitative estimate of drug-likeness (QED) is 0.135. The van der Waals surface area contributed by atoms with Gasteiger partial charge in [-0.25, -0.2) is 0 Å². The van der Waals surface area contributed by atoms with E-state index in [1.165, 1.54) is 70.6 Å². The van der Waals surface area contributed by atoms with Gasteiger partial charge in [0.2, 0.25) is 0 Å². The summed E-state index contributed by atoms with van der Waals surface area (Å²) >= 11 is 0. The first kappa shape index (κ1) is 29.7. The SMILES string of the molecule is CCCCCCCCCc1cccc(S(=O)(=O)O)c1CCCCCCCCC.[BaH2]. The molecule has 1 aromatic rings. The Morgan fingerprint density at radius 1 is 0.690 bits per heavy atom. The fraction of sp³-hybridized carbons (Fsp3) is 0.750. The molecule has 0 saturated carbocycles. The third-order valence-electron chi connectivity index (χ3n) is 5.59. The second kappa shape index (κ2) is 18.3. The Bertz CT molecular complexity index is 629. The molecule has 0 atom stereocenters. The van der Waals surface area contributed by atoms with Crippen LogP contribution in [0.1, 0.15) is 115 Å². The molecule has 0 aliphatic rings. The minimum absolute atomic E-state index is 0. The van der Waals surface area contributed by atoms with Crippen LogP contribution in [-0.4, -0.2) is 61.9 Å². The first-order valence-electron chi connectivity index (χ1n) is 11.6. The van der Waals surface area contributed by atoms with E-state index < -0.39 is 10.1 Å².